The van der Waals surface area contributed by atoms with Crippen molar-refractivity contribution in [3.05, 3.63) is 35.7 Å². The molecule has 0 aliphatic carbocycles. The van der Waals surface area contributed by atoms with Crippen LogP contribution in [0, 0.1) is 11.3 Å². The predicted molar refractivity (Wildman–Crippen MR) is 94.3 cm³/mol. The number of rotatable bonds is 6. The Morgan fingerprint density at radius 2 is 2.12 bits per heavy atom. The Morgan fingerprint density at radius 1 is 1.33 bits per heavy atom. The molecule has 0 aliphatic rings. The third-order valence-electron chi connectivity index (χ3n) is 3.04. The van der Waals surface area contributed by atoms with Gasteiger partial charge in [-0.1, -0.05) is 19.1 Å². The molecule has 124 valence electrons. The minimum atomic E-state index is 0.0740. The van der Waals surface area contributed by atoms with Crippen LogP contribution in [0.3, 0.4) is 0 Å². The summed E-state index contributed by atoms with van der Waals surface area (Å²) in [6, 6.07) is 9.62. The summed E-state index contributed by atoms with van der Waals surface area (Å²) in [7, 11) is 3.59. The minimum Gasteiger partial charge on any atom is -0.494 e. The van der Waals surface area contributed by atoms with Gasteiger partial charge in [0.05, 0.1) is 12.2 Å². The van der Waals surface area contributed by atoms with Crippen molar-refractivity contribution in [2.24, 2.45) is 0 Å². The third-order valence-corrected chi connectivity index (χ3v) is 3.04. The minimum absolute atomic E-state index is 0.0740. The summed E-state index contributed by atoms with van der Waals surface area (Å²) in [5.74, 6) is 1.48. The SMILES string of the molecule is CCCOc1cccc(/C=C(\C#N)c2nc(N)nc(N(C)C)n2)c1. The molecular formula is C17H20N6O. The van der Waals surface area contributed by atoms with E-state index in [1.807, 2.05) is 31.2 Å². The Bertz CT molecular complexity index is 779. The van der Waals surface area contributed by atoms with Crippen LogP contribution in [0.5, 0.6) is 5.75 Å². The fourth-order valence-corrected chi connectivity index (χ4v) is 1.93. The van der Waals surface area contributed by atoms with Crippen LogP contribution in [0.1, 0.15) is 24.7 Å². The predicted octanol–water partition coefficient (Wildman–Crippen LogP) is 2.37. The first-order valence-electron chi connectivity index (χ1n) is 7.57. The van der Waals surface area contributed by atoms with Crippen LogP contribution in [0.2, 0.25) is 0 Å². The van der Waals surface area contributed by atoms with Crippen molar-refractivity contribution >= 4 is 23.5 Å². The van der Waals surface area contributed by atoms with E-state index >= 15 is 0 Å². The van der Waals surface area contributed by atoms with E-state index in [4.69, 9.17) is 10.5 Å². The van der Waals surface area contributed by atoms with Gasteiger partial charge in [-0.05, 0) is 30.2 Å². The highest BCUT2D eigenvalue weighted by Gasteiger charge is 2.11. The number of hydrogen-bond acceptors (Lipinski definition) is 7. The summed E-state index contributed by atoms with van der Waals surface area (Å²) in [6.45, 7) is 2.69. The number of aromatic nitrogens is 3. The summed E-state index contributed by atoms with van der Waals surface area (Å²) < 4.78 is 5.61. The molecule has 0 spiro atoms. The summed E-state index contributed by atoms with van der Waals surface area (Å²) in [4.78, 5) is 14.1. The highest BCUT2D eigenvalue weighted by molar-refractivity contribution is 5.87. The van der Waals surface area contributed by atoms with Crippen molar-refractivity contribution in [3.8, 4) is 11.8 Å². The molecule has 0 amide bonds. The fourth-order valence-electron chi connectivity index (χ4n) is 1.93. The van der Waals surface area contributed by atoms with Gasteiger partial charge in [-0.15, -0.1) is 0 Å². The molecule has 0 saturated carbocycles. The molecule has 0 fully saturated rings. The molecule has 24 heavy (non-hydrogen) atoms. The summed E-state index contributed by atoms with van der Waals surface area (Å²) in [6.07, 6.45) is 2.63. The smallest absolute Gasteiger partial charge is 0.230 e. The largest absolute Gasteiger partial charge is 0.494 e. The second-order valence-electron chi connectivity index (χ2n) is 5.30. The lowest BCUT2D eigenvalue weighted by atomic mass is 10.1. The maximum Gasteiger partial charge on any atom is 0.230 e. The lowest BCUT2D eigenvalue weighted by Gasteiger charge is -2.11. The van der Waals surface area contributed by atoms with E-state index in [2.05, 4.69) is 21.0 Å². The molecule has 0 radical (unpaired) electrons. The van der Waals surface area contributed by atoms with Gasteiger partial charge in [0.15, 0.2) is 5.82 Å². The van der Waals surface area contributed by atoms with Crippen LogP contribution in [-0.2, 0) is 0 Å². The molecule has 0 saturated heterocycles. The average molecular weight is 324 g/mol. The fraction of sp³-hybridized carbons (Fsp3) is 0.294. The van der Waals surface area contributed by atoms with Gasteiger partial charge in [0, 0.05) is 14.1 Å². The molecule has 7 nitrogen and oxygen atoms in total. The van der Waals surface area contributed by atoms with Crippen LogP contribution >= 0.6 is 0 Å². The van der Waals surface area contributed by atoms with E-state index in [0.29, 0.717) is 18.1 Å². The van der Waals surface area contributed by atoms with Gasteiger partial charge in [-0.25, -0.2) is 0 Å². The van der Waals surface area contributed by atoms with Crippen LogP contribution in [0.4, 0.5) is 11.9 Å². The Hall–Kier alpha value is -3.14. The number of anilines is 2. The Morgan fingerprint density at radius 3 is 2.79 bits per heavy atom. The zero-order valence-corrected chi connectivity index (χ0v) is 14.0. The van der Waals surface area contributed by atoms with Gasteiger partial charge in [0.1, 0.15) is 11.8 Å². The van der Waals surface area contributed by atoms with Crippen molar-refractivity contribution < 1.29 is 4.74 Å². The van der Waals surface area contributed by atoms with Gasteiger partial charge in [-0.3, -0.25) is 0 Å². The molecule has 0 unspecified atom stereocenters. The second-order valence-corrected chi connectivity index (χ2v) is 5.30. The number of nitrogen functional groups attached to an aromatic ring is 1. The Balaban J connectivity index is 2.38. The number of hydrogen-bond donors (Lipinski definition) is 1. The van der Waals surface area contributed by atoms with E-state index in [0.717, 1.165) is 17.7 Å². The molecule has 1 aromatic heterocycles. The number of ether oxygens (including phenoxy) is 1. The lowest BCUT2D eigenvalue weighted by Crippen LogP contribution is -2.15. The summed E-state index contributed by atoms with van der Waals surface area (Å²) in [5.41, 5.74) is 6.85. The van der Waals surface area contributed by atoms with E-state index in [1.165, 1.54) is 0 Å². The average Bonchev–Trinajstić information content (AvgIpc) is 2.57. The first-order chi connectivity index (χ1) is 11.5. The highest BCUT2D eigenvalue weighted by atomic mass is 16.5. The zero-order valence-electron chi connectivity index (χ0n) is 14.0. The first-order valence-corrected chi connectivity index (χ1v) is 7.57. The molecular weight excluding hydrogens is 304 g/mol. The van der Waals surface area contributed by atoms with Crippen molar-refractivity contribution in [2.45, 2.75) is 13.3 Å². The standard InChI is InChI=1S/C17H20N6O/c1-4-8-24-14-7-5-6-12(10-14)9-13(11-18)15-20-16(19)22-17(21-15)23(2)3/h5-7,9-10H,4,8H2,1-3H3,(H2,19,20,21,22)/b13-9+. The topological polar surface area (TPSA) is 101 Å². The van der Waals surface area contributed by atoms with Crippen molar-refractivity contribution in [3.63, 3.8) is 0 Å². The molecule has 1 heterocycles. The van der Waals surface area contributed by atoms with Crippen molar-refractivity contribution in [2.75, 3.05) is 31.3 Å². The normalized spacial score (nSPS) is 11.0. The molecule has 0 atom stereocenters. The molecule has 2 aromatic rings. The maximum atomic E-state index is 9.47. The van der Waals surface area contributed by atoms with Gasteiger partial charge in [0.2, 0.25) is 11.9 Å². The van der Waals surface area contributed by atoms with E-state index < -0.39 is 0 Å². The molecule has 7 heteroatoms. The number of allylic oxidation sites excluding steroid dienone is 1. The third kappa shape index (κ3) is 4.43. The van der Waals surface area contributed by atoms with Gasteiger partial charge in [0.25, 0.3) is 0 Å². The molecule has 0 bridgehead atoms. The lowest BCUT2D eigenvalue weighted by molar-refractivity contribution is 0.317. The highest BCUT2D eigenvalue weighted by Crippen LogP contribution is 2.20. The first kappa shape index (κ1) is 17.2. The summed E-state index contributed by atoms with van der Waals surface area (Å²) in [5, 5.41) is 9.47. The van der Waals surface area contributed by atoms with Crippen LogP contribution in [0.15, 0.2) is 24.3 Å². The van der Waals surface area contributed by atoms with E-state index in [-0.39, 0.29) is 11.8 Å². The Labute approximate surface area is 141 Å². The Kier molecular flexibility index (Phi) is 5.68. The van der Waals surface area contributed by atoms with Crippen molar-refractivity contribution in [1.29, 1.82) is 5.26 Å². The number of nitrogens with zero attached hydrogens (tertiary/aromatic N) is 5. The molecule has 1 aromatic carbocycles. The summed E-state index contributed by atoms with van der Waals surface area (Å²) >= 11 is 0. The zero-order chi connectivity index (χ0) is 17.5. The molecule has 2 rings (SSSR count). The van der Waals surface area contributed by atoms with Crippen molar-refractivity contribution in [1.82, 2.24) is 15.0 Å². The monoisotopic (exact) mass is 324 g/mol. The number of nitriles is 1. The quantitative estimate of drug-likeness (QED) is 0.814. The molecule has 2 N–H and O–H groups in total. The van der Waals surface area contributed by atoms with Gasteiger partial charge in [-0.2, -0.15) is 20.2 Å². The number of benzene rings is 1. The van der Waals surface area contributed by atoms with Gasteiger partial charge < -0.3 is 15.4 Å². The van der Waals surface area contributed by atoms with Crippen LogP contribution in [0.25, 0.3) is 11.6 Å². The number of nitrogens with two attached hydrogens (primary N) is 1. The van der Waals surface area contributed by atoms with Crippen LogP contribution < -0.4 is 15.4 Å². The van der Waals surface area contributed by atoms with Crippen LogP contribution in [-0.4, -0.2) is 35.7 Å². The van der Waals surface area contributed by atoms with E-state index in [1.54, 1.807) is 25.1 Å². The van der Waals surface area contributed by atoms with Gasteiger partial charge >= 0.3 is 0 Å². The second kappa shape index (κ2) is 7.92. The van der Waals surface area contributed by atoms with E-state index in [9.17, 15) is 5.26 Å². The molecule has 0 aliphatic heterocycles. The maximum absolute atomic E-state index is 9.47.